The summed E-state index contributed by atoms with van der Waals surface area (Å²) in [6.07, 6.45) is 6.15. The molecule has 0 aromatic carbocycles. The molecule has 0 radical (unpaired) electrons. The zero-order chi connectivity index (χ0) is 12.8. The van der Waals surface area contributed by atoms with E-state index in [1.165, 1.54) is 0 Å². The zero-order valence-electron chi connectivity index (χ0n) is 10.7. The van der Waals surface area contributed by atoms with Crippen molar-refractivity contribution in [1.82, 2.24) is 19.5 Å². The first-order chi connectivity index (χ1) is 9.34. The molecule has 1 amide bonds. The van der Waals surface area contributed by atoms with Crippen molar-refractivity contribution in [2.45, 2.75) is 31.7 Å². The number of rotatable bonds is 2. The van der Waals surface area contributed by atoms with Crippen LogP contribution in [-0.4, -0.2) is 31.9 Å². The average molecular weight is 256 g/mol. The number of amides is 1. The SMILES string of the molecule is O=C(C1CC1)N1CCC[C@@H]1c1nnc2ccccn12. The molecule has 1 atom stereocenters. The molecule has 2 fully saturated rings. The Morgan fingerprint density at radius 3 is 2.95 bits per heavy atom. The molecule has 0 unspecified atom stereocenters. The summed E-state index contributed by atoms with van der Waals surface area (Å²) >= 11 is 0. The molecular formula is C14H16N4O. The highest BCUT2D eigenvalue weighted by Crippen LogP contribution is 2.38. The fourth-order valence-electron chi connectivity index (χ4n) is 2.95. The monoisotopic (exact) mass is 256 g/mol. The maximum atomic E-state index is 12.3. The largest absolute Gasteiger partial charge is 0.332 e. The van der Waals surface area contributed by atoms with Gasteiger partial charge in [-0.15, -0.1) is 10.2 Å². The molecule has 1 aliphatic carbocycles. The van der Waals surface area contributed by atoms with Gasteiger partial charge in [-0.2, -0.15) is 0 Å². The van der Waals surface area contributed by atoms with Gasteiger partial charge in [0.1, 0.15) is 0 Å². The molecule has 0 spiro atoms. The van der Waals surface area contributed by atoms with E-state index in [2.05, 4.69) is 10.2 Å². The van der Waals surface area contributed by atoms with E-state index in [-0.39, 0.29) is 12.0 Å². The molecule has 4 rings (SSSR count). The molecule has 1 aliphatic heterocycles. The standard InChI is InChI=1S/C14H16N4O/c19-14(10-6-7-10)17-9-3-4-11(17)13-16-15-12-5-1-2-8-18(12)13/h1-2,5,8,10-11H,3-4,6-7,9H2/t11-/m1/s1. The summed E-state index contributed by atoms with van der Waals surface area (Å²) in [6, 6.07) is 5.97. The Morgan fingerprint density at radius 1 is 1.21 bits per heavy atom. The molecule has 0 N–H and O–H groups in total. The van der Waals surface area contributed by atoms with Crippen molar-refractivity contribution in [2.75, 3.05) is 6.54 Å². The van der Waals surface area contributed by atoms with E-state index in [1.807, 2.05) is 33.7 Å². The normalized spacial score (nSPS) is 23.2. The number of hydrogen-bond donors (Lipinski definition) is 0. The number of pyridine rings is 1. The van der Waals surface area contributed by atoms with Crippen LogP contribution in [0.15, 0.2) is 24.4 Å². The summed E-state index contributed by atoms with van der Waals surface area (Å²) in [4.78, 5) is 14.3. The second-order valence-electron chi connectivity index (χ2n) is 5.45. The van der Waals surface area contributed by atoms with Gasteiger partial charge in [0, 0.05) is 18.7 Å². The van der Waals surface area contributed by atoms with Crippen LogP contribution in [0.5, 0.6) is 0 Å². The summed E-state index contributed by atoms with van der Waals surface area (Å²) in [5.74, 6) is 1.50. The third-order valence-electron chi connectivity index (χ3n) is 4.10. The number of carbonyl (C=O) groups is 1. The van der Waals surface area contributed by atoms with Gasteiger partial charge in [-0.1, -0.05) is 6.07 Å². The van der Waals surface area contributed by atoms with Gasteiger partial charge in [0.15, 0.2) is 11.5 Å². The zero-order valence-corrected chi connectivity index (χ0v) is 10.7. The minimum Gasteiger partial charge on any atom is -0.332 e. The predicted molar refractivity (Wildman–Crippen MR) is 69.4 cm³/mol. The van der Waals surface area contributed by atoms with Gasteiger partial charge in [0.25, 0.3) is 0 Å². The molecule has 0 bridgehead atoms. The highest BCUT2D eigenvalue weighted by molar-refractivity contribution is 5.81. The molecule has 19 heavy (non-hydrogen) atoms. The Labute approximate surface area is 111 Å². The van der Waals surface area contributed by atoms with E-state index in [9.17, 15) is 4.79 Å². The summed E-state index contributed by atoms with van der Waals surface area (Å²) in [6.45, 7) is 0.863. The van der Waals surface area contributed by atoms with Crippen molar-refractivity contribution < 1.29 is 4.79 Å². The summed E-state index contributed by atoms with van der Waals surface area (Å²) in [7, 11) is 0. The van der Waals surface area contributed by atoms with Gasteiger partial charge >= 0.3 is 0 Å². The maximum Gasteiger partial charge on any atom is 0.226 e. The molecule has 5 nitrogen and oxygen atoms in total. The lowest BCUT2D eigenvalue weighted by molar-refractivity contribution is -0.133. The second kappa shape index (κ2) is 4.05. The Hall–Kier alpha value is -1.91. The molecule has 5 heteroatoms. The first-order valence-electron chi connectivity index (χ1n) is 6.95. The van der Waals surface area contributed by atoms with Crippen LogP contribution in [0.25, 0.3) is 5.65 Å². The van der Waals surface area contributed by atoms with Crippen LogP contribution in [0.1, 0.15) is 37.5 Å². The van der Waals surface area contributed by atoms with E-state index in [0.29, 0.717) is 5.91 Å². The van der Waals surface area contributed by atoms with Crippen molar-refractivity contribution in [3.05, 3.63) is 30.2 Å². The van der Waals surface area contributed by atoms with Crippen LogP contribution < -0.4 is 0 Å². The highest BCUT2D eigenvalue weighted by atomic mass is 16.2. The minimum absolute atomic E-state index is 0.102. The average Bonchev–Trinajstić information content (AvgIpc) is 3.02. The summed E-state index contributed by atoms with van der Waals surface area (Å²) in [5.41, 5.74) is 0.850. The van der Waals surface area contributed by atoms with Crippen molar-refractivity contribution in [3.8, 4) is 0 Å². The smallest absolute Gasteiger partial charge is 0.226 e. The van der Waals surface area contributed by atoms with E-state index in [1.54, 1.807) is 0 Å². The highest BCUT2D eigenvalue weighted by Gasteiger charge is 2.40. The molecule has 2 aromatic heterocycles. The van der Waals surface area contributed by atoms with Gasteiger partial charge in [-0.3, -0.25) is 9.20 Å². The number of likely N-dealkylation sites (tertiary alicyclic amines) is 1. The number of carbonyl (C=O) groups excluding carboxylic acids is 1. The molecule has 1 saturated heterocycles. The van der Waals surface area contributed by atoms with Crippen LogP contribution in [0.4, 0.5) is 0 Å². The third kappa shape index (κ3) is 1.72. The Morgan fingerprint density at radius 2 is 2.11 bits per heavy atom. The maximum absolute atomic E-state index is 12.3. The van der Waals surface area contributed by atoms with E-state index < -0.39 is 0 Å². The summed E-state index contributed by atoms with van der Waals surface area (Å²) in [5, 5.41) is 8.50. The van der Waals surface area contributed by atoms with Crippen LogP contribution in [0.2, 0.25) is 0 Å². The van der Waals surface area contributed by atoms with E-state index in [4.69, 9.17) is 0 Å². The quantitative estimate of drug-likeness (QED) is 0.823. The van der Waals surface area contributed by atoms with Crippen molar-refractivity contribution in [1.29, 1.82) is 0 Å². The molecule has 3 heterocycles. The van der Waals surface area contributed by atoms with E-state index >= 15 is 0 Å². The molecule has 2 aliphatic rings. The predicted octanol–water partition coefficient (Wildman–Crippen LogP) is 1.80. The minimum atomic E-state index is 0.102. The Bertz CT molecular complexity index is 631. The van der Waals surface area contributed by atoms with Crippen molar-refractivity contribution in [3.63, 3.8) is 0 Å². The van der Waals surface area contributed by atoms with Gasteiger partial charge in [0.05, 0.1) is 6.04 Å². The number of nitrogens with zero attached hydrogens (tertiary/aromatic N) is 4. The Balaban J connectivity index is 1.72. The first-order valence-corrected chi connectivity index (χ1v) is 6.95. The molecule has 1 saturated carbocycles. The lowest BCUT2D eigenvalue weighted by atomic mass is 10.2. The molecule has 2 aromatic rings. The van der Waals surface area contributed by atoms with Gasteiger partial charge < -0.3 is 4.90 Å². The van der Waals surface area contributed by atoms with Crippen LogP contribution in [-0.2, 0) is 4.79 Å². The third-order valence-corrected chi connectivity index (χ3v) is 4.10. The number of aromatic nitrogens is 3. The topological polar surface area (TPSA) is 50.5 Å². The van der Waals surface area contributed by atoms with Crippen molar-refractivity contribution >= 4 is 11.6 Å². The van der Waals surface area contributed by atoms with Crippen LogP contribution in [0, 0.1) is 5.92 Å². The molecule has 98 valence electrons. The van der Waals surface area contributed by atoms with Gasteiger partial charge in [0.2, 0.25) is 5.91 Å². The summed E-state index contributed by atoms with van der Waals surface area (Å²) < 4.78 is 2.00. The lowest BCUT2D eigenvalue weighted by Crippen LogP contribution is -2.32. The van der Waals surface area contributed by atoms with E-state index in [0.717, 1.165) is 43.7 Å². The number of hydrogen-bond acceptors (Lipinski definition) is 3. The van der Waals surface area contributed by atoms with Crippen LogP contribution >= 0.6 is 0 Å². The molecular weight excluding hydrogens is 240 g/mol. The first kappa shape index (κ1) is 11.0. The fourth-order valence-corrected chi connectivity index (χ4v) is 2.95. The number of fused-ring (bicyclic) bond motifs is 1. The van der Waals surface area contributed by atoms with Gasteiger partial charge in [-0.25, -0.2) is 0 Å². The van der Waals surface area contributed by atoms with Crippen LogP contribution in [0.3, 0.4) is 0 Å². The lowest BCUT2D eigenvalue weighted by Gasteiger charge is -2.23. The van der Waals surface area contributed by atoms with Gasteiger partial charge in [-0.05, 0) is 37.8 Å². The van der Waals surface area contributed by atoms with Crippen molar-refractivity contribution in [2.24, 2.45) is 5.92 Å². The second-order valence-corrected chi connectivity index (χ2v) is 5.45. The fraction of sp³-hybridized carbons (Fsp3) is 0.500. The Kier molecular flexibility index (Phi) is 2.33.